The van der Waals surface area contributed by atoms with E-state index < -0.39 is 0 Å². The van der Waals surface area contributed by atoms with E-state index >= 15 is 0 Å². The second kappa shape index (κ2) is 3.40. The summed E-state index contributed by atoms with van der Waals surface area (Å²) >= 11 is 0. The van der Waals surface area contributed by atoms with Gasteiger partial charge in [0.15, 0.2) is 0 Å². The third-order valence-electron chi connectivity index (χ3n) is 3.22. The number of hydrogen-bond acceptors (Lipinski definition) is 2. The summed E-state index contributed by atoms with van der Waals surface area (Å²) in [6.07, 6.45) is 1.91. The quantitative estimate of drug-likeness (QED) is 0.541. The summed E-state index contributed by atoms with van der Waals surface area (Å²) in [5, 5.41) is 0. The summed E-state index contributed by atoms with van der Waals surface area (Å²) in [5.41, 5.74) is 1.55. The van der Waals surface area contributed by atoms with Gasteiger partial charge in [0.05, 0.1) is 7.11 Å². The molecule has 0 N–H and O–H groups in total. The Balaban J connectivity index is 2.33. The average Bonchev–Trinajstić information content (AvgIpc) is 2.92. The van der Waals surface area contributed by atoms with Gasteiger partial charge < -0.3 is 9.53 Å². The van der Waals surface area contributed by atoms with Gasteiger partial charge in [0, 0.05) is 5.41 Å². The molecule has 3 heteroatoms. The van der Waals surface area contributed by atoms with Crippen molar-refractivity contribution in [3.8, 4) is 5.75 Å². The van der Waals surface area contributed by atoms with E-state index in [1.807, 2.05) is 25.1 Å². The van der Waals surface area contributed by atoms with Crippen LogP contribution in [-0.4, -0.2) is 21.2 Å². The molecule has 76 valence electrons. The number of carbonyl (C=O) groups is 1. The fraction of sp³-hybridized carbons (Fsp3) is 0.417. The van der Waals surface area contributed by atoms with Crippen molar-refractivity contribution in [3.63, 3.8) is 0 Å². The fourth-order valence-electron chi connectivity index (χ4n) is 1.96. The summed E-state index contributed by atoms with van der Waals surface area (Å²) in [5.74, 6) is 1.05. The number of benzene rings is 1. The molecule has 2 rings (SSSR count). The van der Waals surface area contributed by atoms with Crippen molar-refractivity contribution in [1.29, 1.82) is 0 Å². The van der Waals surface area contributed by atoms with Crippen molar-refractivity contribution in [1.82, 2.24) is 0 Å². The van der Waals surface area contributed by atoms with Gasteiger partial charge in [0.25, 0.3) is 0 Å². The van der Waals surface area contributed by atoms with Crippen LogP contribution in [0.5, 0.6) is 5.75 Å². The maximum absolute atomic E-state index is 10.9. The molecule has 2 nitrogen and oxygen atoms in total. The maximum Gasteiger partial charge on any atom is 0.126 e. The van der Waals surface area contributed by atoms with Crippen molar-refractivity contribution in [2.24, 2.45) is 5.41 Å². The normalized spacial score (nSPS) is 28.5. The van der Waals surface area contributed by atoms with E-state index in [4.69, 9.17) is 12.6 Å². The lowest BCUT2D eigenvalue weighted by Crippen LogP contribution is -2.12. The molecule has 15 heavy (non-hydrogen) atoms. The molecule has 1 fully saturated rings. The largest absolute Gasteiger partial charge is 0.497 e. The minimum absolute atomic E-state index is 0.222. The third-order valence-corrected chi connectivity index (χ3v) is 3.22. The highest BCUT2D eigenvalue weighted by atomic mass is 16.5. The second-order valence-corrected chi connectivity index (χ2v) is 4.38. The SMILES string of the molecule is [B]c1ccc(OC)cc1C1CC1(C)C=O. The van der Waals surface area contributed by atoms with Crippen LogP contribution < -0.4 is 10.2 Å². The third kappa shape index (κ3) is 1.67. The lowest BCUT2D eigenvalue weighted by Gasteiger charge is -2.09. The first-order valence-electron chi connectivity index (χ1n) is 5.00. The van der Waals surface area contributed by atoms with E-state index in [1.54, 1.807) is 7.11 Å². The summed E-state index contributed by atoms with van der Waals surface area (Å²) < 4.78 is 5.15. The van der Waals surface area contributed by atoms with E-state index in [0.29, 0.717) is 0 Å². The summed E-state index contributed by atoms with van der Waals surface area (Å²) in [6.45, 7) is 1.96. The fourth-order valence-corrected chi connectivity index (χ4v) is 1.96. The van der Waals surface area contributed by atoms with Crippen molar-refractivity contribution in [3.05, 3.63) is 23.8 Å². The first kappa shape index (κ1) is 10.3. The van der Waals surface area contributed by atoms with Gasteiger partial charge >= 0.3 is 0 Å². The first-order chi connectivity index (χ1) is 7.10. The Morgan fingerprint density at radius 1 is 1.60 bits per heavy atom. The van der Waals surface area contributed by atoms with E-state index in [9.17, 15) is 4.79 Å². The lowest BCUT2D eigenvalue weighted by molar-refractivity contribution is -0.111. The summed E-state index contributed by atoms with van der Waals surface area (Å²) in [7, 11) is 7.52. The number of aldehydes is 1. The van der Waals surface area contributed by atoms with Gasteiger partial charge in [-0.3, -0.25) is 0 Å². The molecule has 2 radical (unpaired) electrons. The highest BCUT2D eigenvalue weighted by Crippen LogP contribution is 2.57. The Kier molecular flexibility index (Phi) is 2.33. The molecule has 0 aromatic heterocycles. The molecule has 1 aromatic carbocycles. The molecular weight excluding hydrogens is 187 g/mol. The number of hydrogen-bond donors (Lipinski definition) is 0. The zero-order valence-electron chi connectivity index (χ0n) is 8.99. The van der Waals surface area contributed by atoms with Gasteiger partial charge in [-0.25, -0.2) is 0 Å². The van der Waals surface area contributed by atoms with Crippen LogP contribution in [0.2, 0.25) is 0 Å². The molecule has 0 amide bonds. The minimum atomic E-state index is -0.222. The predicted molar refractivity (Wildman–Crippen MR) is 59.9 cm³/mol. The highest BCUT2D eigenvalue weighted by molar-refractivity contribution is 6.33. The monoisotopic (exact) mass is 200 g/mol. The van der Waals surface area contributed by atoms with Crippen LogP contribution in [0.4, 0.5) is 0 Å². The topological polar surface area (TPSA) is 26.3 Å². The Morgan fingerprint density at radius 2 is 2.33 bits per heavy atom. The van der Waals surface area contributed by atoms with Crippen molar-refractivity contribution in [2.75, 3.05) is 7.11 Å². The smallest absolute Gasteiger partial charge is 0.126 e. The van der Waals surface area contributed by atoms with E-state index in [-0.39, 0.29) is 11.3 Å². The van der Waals surface area contributed by atoms with Crippen LogP contribution >= 0.6 is 0 Å². The van der Waals surface area contributed by atoms with Crippen LogP contribution in [0.25, 0.3) is 0 Å². The molecule has 2 unspecified atom stereocenters. The average molecular weight is 200 g/mol. The number of ether oxygens (including phenoxy) is 1. The second-order valence-electron chi connectivity index (χ2n) is 4.38. The Hall–Kier alpha value is -1.25. The molecular formula is C12H13BO2. The summed E-state index contributed by atoms with van der Waals surface area (Å²) in [4.78, 5) is 10.9. The van der Waals surface area contributed by atoms with E-state index in [0.717, 1.165) is 29.5 Å². The number of carbonyl (C=O) groups excluding carboxylic acids is 1. The Bertz CT molecular complexity index is 403. The number of methoxy groups -OCH3 is 1. The molecule has 0 saturated heterocycles. The lowest BCUT2D eigenvalue weighted by atomic mass is 9.86. The van der Waals surface area contributed by atoms with Crippen molar-refractivity contribution < 1.29 is 9.53 Å². The standard InChI is InChI=1S/C12H13BO2/c1-12(7-14)6-10(12)9-5-8(15-2)3-4-11(9)13/h3-5,7,10H,6H2,1-2H3. The molecule has 1 aromatic rings. The molecule has 0 bridgehead atoms. The number of rotatable bonds is 3. The Morgan fingerprint density at radius 3 is 2.87 bits per heavy atom. The Labute approximate surface area is 91.0 Å². The van der Waals surface area contributed by atoms with Crippen molar-refractivity contribution >= 4 is 19.6 Å². The van der Waals surface area contributed by atoms with E-state index in [1.165, 1.54) is 0 Å². The summed E-state index contributed by atoms with van der Waals surface area (Å²) in [6, 6.07) is 5.59. The van der Waals surface area contributed by atoms with Crippen LogP contribution in [-0.2, 0) is 4.79 Å². The molecule has 2 atom stereocenters. The molecule has 0 aliphatic heterocycles. The van der Waals surface area contributed by atoms with Crippen LogP contribution in [0, 0.1) is 5.41 Å². The van der Waals surface area contributed by atoms with Crippen molar-refractivity contribution in [2.45, 2.75) is 19.3 Å². The maximum atomic E-state index is 10.9. The first-order valence-corrected chi connectivity index (χ1v) is 5.00. The van der Waals surface area contributed by atoms with E-state index in [2.05, 4.69) is 0 Å². The van der Waals surface area contributed by atoms with Gasteiger partial charge in [0.2, 0.25) is 0 Å². The van der Waals surface area contributed by atoms with Gasteiger partial charge in [-0.1, -0.05) is 18.5 Å². The van der Waals surface area contributed by atoms with Crippen LogP contribution in [0.1, 0.15) is 24.8 Å². The molecule has 0 spiro atoms. The molecule has 0 heterocycles. The molecule has 1 saturated carbocycles. The van der Waals surface area contributed by atoms with Crippen LogP contribution in [0.15, 0.2) is 18.2 Å². The highest BCUT2D eigenvalue weighted by Gasteiger charge is 2.51. The predicted octanol–water partition coefficient (Wildman–Crippen LogP) is 1.18. The van der Waals surface area contributed by atoms with Crippen LogP contribution in [0.3, 0.4) is 0 Å². The van der Waals surface area contributed by atoms with Gasteiger partial charge in [-0.15, -0.1) is 0 Å². The van der Waals surface area contributed by atoms with Gasteiger partial charge in [-0.05, 0) is 30.0 Å². The minimum Gasteiger partial charge on any atom is -0.497 e. The molecule has 1 aliphatic rings. The zero-order valence-corrected chi connectivity index (χ0v) is 8.99. The zero-order chi connectivity index (χ0) is 11.1. The van der Waals surface area contributed by atoms with Gasteiger partial charge in [0.1, 0.15) is 19.9 Å². The van der Waals surface area contributed by atoms with Gasteiger partial charge in [-0.2, -0.15) is 0 Å². The molecule has 1 aliphatic carbocycles.